The predicted octanol–water partition coefficient (Wildman–Crippen LogP) is 5.45. The Bertz CT molecular complexity index is 1390. The minimum absolute atomic E-state index is 0.0216. The minimum atomic E-state index is -4.83. The quantitative estimate of drug-likeness (QED) is 0.353. The number of nitrogens with one attached hydrogen (secondary N) is 1. The highest BCUT2D eigenvalue weighted by Crippen LogP contribution is 2.43. The van der Waals surface area contributed by atoms with Crippen LogP contribution in [-0.4, -0.2) is 61.1 Å². The van der Waals surface area contributed by atoms with Gasteiger partial charge in [0.1, 0.15) is 11.9 Å². The maximum absolute atomic E-state index is 14.1. The summed E-state index contributed by atoms with van der Waals surface area (Å²) in [4.78, 5) is 28.0. The van der Waals surface area contributed by atoms with Crippen molar-refractivity contribution in [3.05, 3.63) is 23.2 Å². The molecule has 1 aromatic carbocycles. The summed E-state index contributed by atoms with van der Waals surface area (Å²) < 4.78 is 84.8. The lowest BCUT2D eigenvalue weighted by molar-refractivity contribution is -0.242. The monoisotopic (exact) mass is 623 g/mol. The van der Waals surface area contributed by atoms with Gasteiger partial charge in [0.05, 0.1) is 29.3 Å². The Morgan fingerprint density at radius 3 is 2.49 bits per heavy atom. The summed E-state index contributed by atoms with van der Waals surface area (Å²) in [7, 11) is -4.44. The number of amides is 1. The molecule has 0 saturated carbocycles. The summed E-state index contributed by atoms with van der Waals surface area (Å²) in [5, 5.41) is 11.8. The molecule has 2 N–H and O–H groups in total. The van der Waals surface area contributed by atoms with E-state index in [-0.39, 0.29) is 46.3 Å². The zero-order valence-corrected chi connectivity index (χ0v) is 24.9. The lowest BCUT2D eigenvalue weighted by Gasteiger charge is -2.36. The number of sulfonamides is 1. The number of benzene rings is 1. The molecule has 0 bridgehead atoms. The minimum Gasteiger partial charge on any atom is -0.486 e. The highest BCUT2D eigenvalue weighted by atomic mass is 32.2. The Morgan fingerprint density at radius 1 is 1.27 bits per heavy atom. The summed E-state index contributed by atoms with van der Waals surface area (Å²) in [6.45, 7) is 7.80. The predicted molar refractivity (Wildman–Crippen MR) is 144 cm³/mol. The Balaban J connectivity index is 2.05. The summed E-state index contributed by atoms with van der Waals surface area (Å²) in [5.74, 6) is -1.90. The molecule has 228 valence electrons. The van der Waals surface area contributed by atoms with Crippen molar-refractivity contribution in [3.63, 3.8) is 0 Å². The number of nitrogens with zero attached hydrogens (tertiary/aromatic N) is 2. The molecule has 3 rings (SSSR count). The number of alkyl halides is 3. The second-order valence-corrected chi connectivity index (χ2v) is 13.0. The lowest BCUT2D eigenvalue weighted by Crippen LogP contribution is -2.45. The zero-order valence-electron chi connectivity index (χ0n) is 23.2. The number of rotatable bonds is 10. The van der Waals surface area contributed by atoms with Crippen molar-refractivity contribution in [2.75, 3.05) is 16.2 Å². The first-order valence-corrected chi connectivity index (χ1v) is 14.9. The molecule has 0 radical (unpaired) electrons. The number of halogens is 3. The Hall–Kier alpha value is -3.27. The first-order chi connectivity index (χ1) is 18.9. The van der Waals surface area contributed by atoms with Gasteiger partial charge in [0.2, 0.25) is 15.7 Å². The van der Waals surface area contributed by atoms with Crippen LogP contribution in [-0.2, 0) is 26.0 Å². The molecular weight excluding hydrogens is 591 g/mol. The van der Waals surface area contributed by atoms with Crippen LogP contribution in [0, 0.1) is 5.92 Å². The first-order valence-electron chi connectivity index (χ1n) is 12.6. The topological polar surface area (TPSA) is 144 Å². The van der Waals surface area contributed by atoms with E-state index in [2.05, 4.69) is 15.0 Å². The molecular formula is C25H32F3N3O8S2. The number of aromatic nitrogens is 1. The average Bonchev–Trinajstić information content (AvgIpc) is 3.25. The second-order valence-electron chi connectivity index (χ2n) is 10.2. The number of hydrogen-bond acceptors (Lipinski definition) is 9. The molecule has 2 heterocycles. The van der Waals surface area contributed by atoms with Gasteiger partial charge in [-0.3, -0.25) is 14.4 Å². The van der Waals surface area contributed by atoms with E-state index < -0.39 is 45.9 Å². The smallest absolute Gasteiger partial charge is 0.427 e. The number of aryl methyl sites for hydroxylation is 1. The van der Waals surface area contributed by atoms with Gasteiger partial charge in [-0.2, -0.15) is 21.6 Å². The number of hydrogen-bond donors (Lipinski definition) is 2. The molecule has 1 aromatic heterocycles. The first kappa shape index (κ1) is 32.2. The number of anilines is 2. The van der Waals surface area contributed by atoms with Crippen LogP contribution < -0.4 is 19.1 Å². The third-order valence-corrected chi connectivity index (χ3v) is 8.91. The van der Waals surface area contributed by atoms with Gasteiger partial charge in [-0.15, -0.1) is 0 Å². The van der Waals surface area contributed by atoms with Gasteiger partial charge in [0.25, 0.3) is 10.0 Å². The van der Waals surface area contributed by atoms with E-state index in [4.69, 9.17) is 9.47 Å². The van der Waals surface area contributed by atoms with Crippen molar-refractivity contribution in [2.24, 2.45) is 5.92 Å². The third-order valence-electron chi connectivity index (χ3n) is 6.00. The van der Waals surface area contributed by atoms with E-state index in [1.54, 1.807) is 20.8 Å². The zero-order chi connectivity index (χ0) is 30.9. The molecule has 1 amide bonds. The molecule has 41 heavy (non-hydrogen) atoms. The number of carboxylic acid groups (broad SMARTS) is 1. The van der Waals surface area contributed by atoms with E-state index >= 15 is 0 Å². The second kappa shape index (κ2) is 11.9. The largest absolute Gasteiger partial charge is 0.486 e. The van der Waals surface area contributed by atoms with E-state index in [1.807, 2.05) is 0 Å². The van der Waals surface area contributed by atoms with Crippen LogP contribution in [0.25, 0.3) is 0 Å². The van der Waals surface area contributed by atoms with Crippen LogP contribution in [0.15, 0.2) is 23.2 Å². The van der Waals surface area contributed by atoms with Crippen molar-refractivity contribution < 1.29 is 50.5 Å². The maximum atomic E-state index is 14.1. The van der Waals surface area contributed by atoms with E-state index in [9.17, 15) is 36.3 Å². The SMILES string of the molecule is CCc1nc(S(=O)(=O)N2C[C@H](C[C@H](C)C(=O)O)Oc3ccc(NC(=O)OC(C)(C)C(F)(F)F)cc32)c(OC(C)C)s1. The van der Waals surface area contributed by atoms with Crippen LogP contribution in [0.2, 0.25) is 0 Å². The fourth-order valence-corrected chi connectivity index (χ4v) is 6.53. The number of carboxylic acids is 1. The lowest BCUT2D eigenvalue weighted by atomic mass is 10.0. The number of thiazole rings is 1. The van der Waals surface area contributed by atoms with Crippen molar-refractivity contribution in [2.45, 2.75) is 83.4 Å². The van der Waals surface area contributed by atoms with Gasteiger partial charge in [-0.05, 0) is 58.7 Å². The van der Waals surface area contributed by atoms with Gasteiger partial charge < -0.3 is 19.3 Å². The van der Waals surface area contributed by atoms with Crippen molar-refractivity contribution in [1.29, 1.82) is 0 Å². The van der Waals surface area contributed by atoms with E-state index in [0.29, 0.717) is 25.3 Å². The molecule has 1 aliphatic rings. The molecule has 11 nitrogen and oxygen atoms in total. The molecule has 0 aliphatic carbocycles. The Morgan fingerprint density at radius 2 is 1.93 bits per heavy atom. The molecule has 0 saturated heterocycles. The summed E-state index contributed by atoms with van der Waals surface area (Å²) in [5.41, 5.74) is -2.90. The van der Waals surface area contributed by atoms with Gasteiger partial charge in [0.15, 0.2) is 0 Å². The molecule has 16 heteroatoms. The van der Waals surface area contributed by atoms with Gasteiger partial charge >= 0.3 is 18.2 Å². The molecule has 2 atom stereocenters. The summed E-state index contributed by atoms with van der Waals surface area (Å²) in [6, 6.07) is 3.82. The number of carbonyl (C=O) groups is 2. The van der Waals surface area contributed by atoms with Gasteiger partial charge in [0, 0.05) is 5.69 Å². The van der Waals surface area contributed by atoms with Crippen molar-refractivity contribution in [3.8, 4) is 10.8 Å². The van der Waals surface area contributed by atoms with Crippen LogP contribution in [0.1, 0.15) is 53.0 Å². The van der Waals surface area contributed by atoms with Crippen LogP contribution in [0.5, 0.6) is 10.8 Å². The van der Waals surface area contributed by atoms with E-state index in [0.717, 1.165) is 15.6 Å². The highest BCUT2D eigenvalue weighted by molar-refractivity contribution is 7.93. The molecule has 1 aliphatic heterocycles. The van der Waals surface area contributed by atoms with Crippen molar-refractivity contribution in [1.82, 2.24) is 4.98 Å². The summed E-state index contributed by atoms with van der Waals surface area (Å²) >= 11 is 1.08. The van der Waals surface area contributed by atoms with Gasteiger partial charge in [-0.25, -0.2) is 9.78 Å². The highest BCUT2D eigenvalue weighted by Gasteiger charge is 2.51. The number of aliphatic carboxylic acids is 1. The fourth-order valence-electron chi connectivity index (χ4n) is 3.71. The number of ether oxygens (including phenoxy) is 3. The number of carbonyl (C=O) groups excluding carboxylic acids is 1. The Labute approximate surface area is 239 Å². The van der Waals surface area contributed by atoms with Crippen molar-refractivity contribution >= 4 is 44.8 Å². The maximum Gasteiger partial charge on any atom is 0.427 e. The molecule has 0 fully saturated rings. The van der Waals surface area contributed by atoms with E-state index in [1.165, 1.54) is 25.1 Å². The van der Waals surface area contributed by atoms with Crippen LogP contribution >= 0.6 is 11.3 Å². The fraction of sp³-hybridized carbons (Fsp3) is 0.560. The average molecular weight is 624 g/mol. The molecule has 2 aromatic rings. The normalized spacial score (nSPS) is 16.5. The Kier molecular flexibility index (Phi) is 9.37. The summed E-state index contributed by atoms with van der Waals surface area (Å²) in [6.07, 6.45) is -7.05. The van der Waals surface area contributed by atoms with Gasteiger partial charge in [-0.1, -0.05) is 25.2 Å². The standard InChI is InChI=1S/C25H32F3N3O8S2/c1-7-19-30-20(22(40-19)37-13(2)3)41(35,36)31-12-16(10-14(4)21(32)33)38-18-9-8-15(11-17(18)31)29-23(34)39-24(5,6)25(26,27)28/h8-9,11,13-14,16H,7,10,12H2,1-6H3,(H,29,34)(H,32,33)/t14-,16-/m0/s1. The van der Waals surface area contributed by atoms with Crippen LogP contribution in [0.4, 0.5) is 29.3 Å². The third kappa shape index (κ3) is 7.33. The number of fused-ring (bicyclic) bond motifs is 1. The van der Waals surface area contributed by atoms with Crippen LogP contribution in [0.3, 0.4) is 0 Å². The molecule has 0 spiro atoms. The molecule has 0 unspecified atom stereocenters.